The fraction of sp³-hybridized carbons (Fsp3) is 0.400. The normalized spacial score (nSPS) is 18.0. The first-order valence-corrected chi connectivity index (χ1v) is 8.33. The fourth-order valence-electron chi connectivity index (χ4n) is 3.31. The second kappa shape index (κ2) is 7.24. The lowest BCUT2D eigenvalue weighted by molar-refractivity contribution is 0.0567. The molecule has 2 nitrogen and oxygen atoms in total. The Labute approximate surface area is 137 Å². The van der Waals surface area contributed by atoms with Crippen molar-refractivity contribution >= 4 is 0 Å². The first kappa shape index (κ1) is 16.2. The van der Waals surface area contributed by atoms with Gasteiger partial charge in [0.05, 0.1) is 6.10 Å². The highest BCUT2D eigenvalue weighted by Gasteiger charge is 2.26. The van der Waals surface area contributed by atoms with Crippen molar-refractivity contribution in [3.05, 3.63) is 71.0 Å². The van der Waals surface area contributed by atoms with Gasteiger partial charge in [0.25, 0.3) is 0 Å². The molecule has 0 saturated carbocycles. The number of aryl methyl sites for hydroxylation is 1. The molecule has 1 aliphatic heterocycles. The van der Waals surface area contributed by atoms with Gasteiger partial charge in [0.1, 0.15) is 5.82 Å². The second-order valence-corrected chi connectivity index (χ2v) is 6.60. The molecule has 1 fully saturated rings. The Morgan fingerprint density at radius 3 is 2.26 bits per heavy atom. The third kappa shape index (κ3) is 4.18. The Balaban J connectivity index is 1.53. The molecule has 2 aromatic rings. The standard InChI is InChI=1S/C20H24FNO/c1-15-2-4-16(5-3-15)14-22-12-10-18(11-13-22)20(23)17-6-8-19(21)9-7-17/h2-9,18,20,23H,10-14H2,1H3. The van der Waals surface area contributed by atoms with Gasteiger partial charge in [0.2, 0.25) is 0 Å². The predicted octanol–water partition coefficient (Wildman–Crippen LogP) is 4.08. The van der Waals surface area contributed by atoms with Crippen molar-refractivity contribution in [2.24, 2.45) is 5.92 Å². The first-order valence-electron chi connectivity index (χ1n) is 8.33. The number of halogens is 1. The summed E-state index contributed by atoms with van der Waals surface area (Å²) in [6, 6.07) is 14.9. The van der Waals surface area contributed by atoms with Crippen molar-refractivity contribution in [1.82, 2.24) is 4.90 Å². The van der Waals surface area contributed by atoms with E-state index in [1.54, 1.807) is 12.1 Å². The number of benzene rings is 2. The van der Waals surface area contributed by atoms with Gasteiger partial charge in [0, 0.05) is 6.54 Å². The molecule has 1 N–H and O–H groups in total. The number of aliphatic hydroxyl groups excluding tert-OH is 1. The number of piperidine rings is 1. The lowest BCUT2D eigenvalue weighted by atomic mass is 9.87. The van der Waals surface area contributed by atoms with Crippen LogP contribution in [0.5, 0.6) is 0 Å². The van der Waals surface area contributed by atoms with E-state index in [4.69, 9.17) is 0 Å². The minimum Gasteiger partial charge on any atom is -0.388 e. The Kier molecular flexibility index (Phi) is 5.09. The number of nitrogens with zero attached hydrogens (tertiary/aromatic N) is 1. The molecule has 0 aromatic heterocycles. The summed E-state index contributed by atoms with van der Waals surface area (Å²) in [6.07, 6.45) is 1.46. The average Bonchev–Trinajstić information content (AvgIpc) is 2.58. The van der Waals surface area contributed by atoms with E-state index in [9.17, 15) is 9.50 Å². The van der Waals surface area contributed by atoms with Gasteiger partial charge in [-0.05, 0) is 62.0 Å². The number of hydrogen-bond donors (Lipinski definition) is 1. The van der Waals surface area contributed by atoms with Crippen molar-refractivity contribution in [2.75, 3.05) is 13.1 Å². The number of aliphatic hydroxyl groups is 1. The third-order valence-electron chi connectivity index (χ3n) is 4.82. The van der Waals surface area contributed by atoms with Crippen molar-refractivity contribution < 1.29 is 9.50 Å². The quantitative estimate of drug-likeness (QED) is 0.919. The zero-order valence-corrected chi connectivity index (χ0v) is 13.6. The maximum Gasteiger partial charge on any atom is 0.123 e. The van der Waals surface area contributed by atoms with Crippen LogP contribution in [-0.2, 0) is 6.54 Å². The van der Waals surface area contributed by atoms with Gasteiger partial charge >= 0.3 is 0 Å². The minimum absolute atomic E-state index is 0.256. The van der Waals surface area contributed by atoms with Crippen molar-refractivity contribution in [1.29, 1.82) is 0 Å². The summed E-state index contributed by atoms with van der Waals surface area (Å²) >= 11 is 0. The van der Waals surface area contributed by atoms with E-state index in [-0.39, 0.29) is 11.7 Å². The molecule has 1 unspecified atom stereocenters. The van der Waals surface area contributed by atoms with E-state index in [0.29, 0.717) is 0 Å². The van der Waals surface area contributed by atoms with Gasteiger partial charge < -0.3 is 5.11 Å². The number of likely N-dealkylation sites (tertiary alicyclic amines) is 1. The summed E-state index contributed by atoms with van der Waals surface area (Å²) in [5.41, 5.74) is 3.45. The van der Waals surface area contributed by atoms with E-state index >= 15 is 0 Å². The Morgan fingerprint density at radius 2 is 1.65 bits per heavy atom. The van der Waals surface area contributed by atoms with Gasteiger partial charge in [-0.1, -0.05) is 42.0 Å². The van der Waals surface area contributed by atoms with E-state index < -0.39 is 6.10 Å². The molecular weight excluding hydrogens is 289 g/mol. The summed E-state index contributed by atoms with van der Waals surface area (Å²) in [5.74, 6) is 0.00333. The largest absolute Gasteiger partial charge is 0.388 e. The average molecular weight is 313 g/mol. The monoisotopic (exact) mass is 313 g/mol. The third-order valence-corrected chi connectivity index (χ3v) is 4.82. The molecular formula is C20H24FNO. The first-order chi connectivity index (χ1) is 11.1. The minimum atomic E-state index is -0.489. The second-order valence-electron chi connectivity index (χ2n) is 6.60. The molecule has 3 rings (SSSR count). The molecule has 0 spiro atoms. The summed E-state index contributed by atoms with van der Waals surface area (Å²) in [4.78, 5) is 2.44. The van der Waals surface area contributed by atoms with Gasteiger partial charge in [-0.15, -0.1) is 0 Å². The van der Waals surface area contributed by atoms with Gasteiger partial charge in [-0.3, -0.25) is 4.90 Å². The lowest BCUT2D eigenvalue weighted by Gasteiger charge is -2.34. The number of rotatable bonds is 4. The van der Waals surface area contributed by atoms with Gasteiger partial charge in [-0.25, -0.2) is 4.39 Å². The highest BCUT2D eigenvalue weighted by Crippen LogP contribution is 2.31. The summed E-state index contributed by atoms with van der Waals surface area (Å²) in [7, 11) is 0. The molecule has 0 radical (unpaired) electrons. The van der Waals surface area contributed by atoms with Gasteiger partial charge in [0.15, 0.2) is 0 Å². The lowest BCUT2D eigenvalue weighted by Crippen LogP contribution is -2.35. The summed E-state index contributed by atoms with van der Waals surface area (Å²) < 4.78 is 13.0. The molecule has 1 saturated heterocycles. The Hall–Kier alpha value is -1.71. The van der Waals surface area contributed by atoms with Crippen molar-refractivity contribution in [2.45, 2.75) is 32.4 Å². The maximum atomic E-state index is 13.0. The van der Waals surface area contributed by atoms with Crippen molar-refractivity contribution in [3.63, 3.8) is 0 Å². The molecule has 0 aliphatic carbocycles. The molecule has 1 atom stereocenters. The van der Waals surface area contributed by atoms with E-state index in [0.717, 1.165) is 38.0 Å². The molecule has 0 amide bonds. The topological polar surface area (TPSA) is 23.5 Å². The van der Waals surface area contributed by atoms with Crippen LogP contribution >= 0.6 is 0 Å². The summed E-state index contributed by atoms with van der Waals surface area (Å²) in [6.45, 7) is 5.07. The van der Waals surface area contributed by atoms with Crippen LogP contribution in [0.15, 0.2) is 48.5 Å². The molecule has 1 aliphatic rings. The molecule has 1 heterocycles. The van der Waals surface area contributed by atoms with Crippen LogP contribution in [0.1, 0.15) is 35.6 Å². The Morgan fingerprint density at radius 1 is 1.04 bits per heavy atom. The van der Waals surface area contributed by atoms with Gasteiger partial charge in [-0.2, -0.15) is 0 Å². The van der Waals surface area contributed by atoms with Crippen molar-refractivity contribution in [3.8, 4) is 0 Å². The smallest absolute Gasteiger partial charge is 0.123 e. The molecule has 122 valence electrons. The molecule has 23 heavy (non-hydrogen) atoms. The predicted molar refractivity (Wildman–Crippen MR) is 90.5 cm³/mol. The van der Waals surface area contributed by atoms with Crippen LogP contribution < -0.4 is 0 Å². The highest BCUT2D eigenvalue weighted by molar-refractivity contribution is 5.21. The van der Waals surface area contributed by atoms with Crippen LogP contribution in [0, 0.1) is 18.7 Å². The zero-order valence-electron chi connectivity index (χ0n) is 13.6. The SMILES string of the molecule is Cc1ccc(CN2CCC(C(O)c3ccc(F)cc3)CC2)cc1. The van der Waals surface area contributed by atoms with Crippen LogP contribution in [0.4, 0.5) is 4.39 Å². The number of hydrogen-bond acceptors (Lipinski definition) is 2. The van der Waals surface area contributed by atoms with Crippen LogP contribution in [0.25, 0.3) is 0 Å². The van der Waals surface area contributed by atoms with Crippen LogP contribution in [0.3, 0.4) is 0 Å². The zero-order chi connectivity index (χ0) is 16.2. The summed E-state index contributed by atoms with van der Waals surface area (Å²) in [5, 5.41) is 10.5. The van der Waals surface area contributed by atoms with Crippen LogP contribution in [-0.4, -0.2) is 23.1 Å². The molecule has 2 aromatic carbocycles. The maximum absolute atomic E-state index is 13.0. The highest BCUT2D eigenvalue weighted by atomic mass is 19.1. The van der Waals surface area contributed by atoms with E-state index in [1.807, 2.05) is 0 Å². The molecule has 0 bridgehead atoms. The van der Waals surface area contributed by atoms with E-state index in [1.165, 1.54) is 23.3 Å². The molecule has 3 heteroatoms. The van der Waals surface area contributed by atoms with Crippen LogP contribution in [0.2, 0.25) is 0 Å². The Bertz CT molecular complexity index is 615. The van der Waals surface area contributed by atoms with E-state index in [2.05, 4.69) is 36.1 Å². The fourth-order valence-corrected chi connectivity index (χ4v) is 3.31.